The van der Waals surface area contributed by atoms with Crippen LogP contribution in [0.5, 0.6) is 5.75 Å². The smallest absolute Gasteiger partial charge is 0.270 e. The van der Waals surface area contributed by atoms with E-state index in [0.717, 1.165) is 16.8 Å². The van der Waals surface area contributed by atoms with E-state index in [-0.39, 0.29) is 17.5 Å². The first-order valence-corrected chi connectivity index (χ1v) is 11.8. The summed E-state index contributed by atoms with van der Waals surface area (Å²) in [5.41, 5.74) is 4.08. The van der Waals surface area contributed by atoms with Gasteiger partial charge in [0.1, 0.15) is 11.0 Å². The number of amides is 3. The molecule has 0 saturated carbocycles. The van der Waals surface area contributed by atoms with Crippen LogP contribution in [-0.4, -0.2) is 40.3 Å². The molecule has 3 aromatic carbocycles. The quantitative estimate of drug-likeness (QED) is 0.504. The topological polar surface area (TPSA) is 100 Å². The van der Waals surface area contributed by atoms with Crippen molar-refractivity contribution >= 4 is 57.6 Å². The molecule has 0 aromatic heterocycles. The van der Waals surface area contributed by atoms with Gasteiger partial charge in [-0.3, -0.25) is 19.8 Å². The van der Waals surface area contributed by atoms with Crippen LogP contribution in [0.3, 0.4) is 0 Å². The highest BCUT2D eigenvalue weighted by Crippen LogP contribution is 2.30. The fourth-order valence-corrected chi connectivity index (χ4v) is 4.37. The summed E-state index contributed by atoms with van der Waals surface area (Å²) in [7, 11) is 1.56. The van der Waals surface area contributed by atoms with Crippen LogP contribution < -0.4 is 15.5 Å². The molecule has 1 atom stereocenters. The summed E-state index contributed by atoms with van der Waals surface area (Å²) in [6.07, 6.45) is -0.124. The Labute approximate surface area is 211 Å². The first-order valence-electron chi connectivity index (χ1n) is 10.6. The molecule has 35 heavy (non-hydrogen) atoms. The maximum Gasteiger partial charge on any atom is 0.270 e. The van der Waals surface area contributed by atoms with Crippen molar-refractivity contribution in [2.24, 2.45) is 4.99 Å². The molecule has 0 bridgehead atoms. The highest BCUT2D eigenvalue weighted by Gasteiger charge is 2.37. The number of halogens is 1. The Morgan fingerprint density at radius 1 is 1.03 bits per heavy atom. The predicted octanol–water partition coefficient (Wildman–Crippen LogP) is 4.65. The summed E-state index contributed by atoms with van der Waals surface area (Å²) in [6, 6.07) is 22.1. The van der Waals surface area contributed by atoms with Crippen LogP contribution in [0, 0.1) is 0 Å². The molecule has 0 spiro atoms. The second-order valence-electron chi connectivity index (χ2n) is 7.44. The molecule has 1 heterocycles. The van der Waals surface area contributed by atoms with E-state index in [1.807, 2.05) is 0 Å². The monoisotopic (exact) mass is 508 g/mol. The zero-order chi connectivity index (χ0) is 24.8. The van der Waals surface area contributed by atoms with Gasteiger partial charge < -0.3 is 10.1 Å². The lowest BCUT2D eigenvalue weighted by Gasteiger charge is -2.31. The number of nitrogens with zero attached hydrogens (tertiary/aromatic N) is 2. The van der Waals surface area contributed by atoms with E-state index < -0.39 is 17.1 Å². The summed E-state index contributed by atoms with van der Waals surface area (Å²) >= 11 is 7.05. The summed E-state index contributed by atoms with van der Waals surface area (Å²) < 4.78 is 5.13. The van der Waals surface area contributed by atoms with Gasteiger partial charge in [-0.15, -0.1) is 0 Å². The van der Waals surface area contributed by atoms with E-state index in [1.54, 1.807) is 86.0 Å². The normalized spacial score (nSPS) is 16.6. The van der Waals surface area contributed by atoms with Gasteiger partial charge in [0, 0.05) is 16.3 Å². The number of anilines is 1. The zero-order valence-electron chi connectivity index (χ0n) is 18.6. The Balaban J connectivity index is 1.57. The molecule has 2 N–H and O–H groups in total. The predicted molar refractivity (Wildman–Crippen MR) is 137 cm³/mol. The lowest BCUT2D eigenvalue weighted by molar-refractivity contribution is -0.130. The largest absolute Gasteiger partial charge is 0.497 e. The minimum atomic E-state index is -0.750. The molecule has 3 amide bonds. The van der Waals surface area contributed by atoms with E-state index in [9.17, 15) is 14.4 Å². The van der Waals surface area contributed by atoms with E-state index in [0.29, 0.717) is 27.7 Å². The number of carbonyl (C=O) groups is 3. The Morgan fingerprint density at radius 2 is 1.71 bits per heavy atom. The third-order valence-corrected chi connectivity index (χ3v) is 6.40. The van der Waals surface area contributed by atoms with Crippen LogP contribution in [0.1, 0.15) is 16.8 Å². The van der Waals surface area contributed by atoms with E-state index in [1.165, 1.54) is 0 Å². The van der Waals surface area contributed by atoms with Gasteiger partial charge in [-0.05, 0) is 60.7 Å². The third-order valence-electron chi connectivity index (χ3n) is 5.00. The summed E-state index contributed by atoms with van der Waals surface area (Å²) in [5, 5.41) is 3.85. The van der Waals surface area contributed by atoms with Crippen LogP contribution in [0.25, 0.3) is 0 Å². The van der Waals surface area contributed by atoms with Crippen LogP contribution in [0.2, 0.25) is 5.02 Å². The Hall–Kier alpha value is -3.82. The molecule has 3 aromatic rings. The average molecular weight is 509 g/mol. The third kappa shape index (κ3) is 6.20. The first-order chi connectivity index (χ1) is 16.9. The number of ether oxygens (including phenoxy) is 1. The Morgan fingerprint density at radius 3 is 2.37 bits per heavy atom. The molecule has 178 valence electrons. The van der Waals surface area contributed by atoms with Gasteiger partial charge >= 0.3 is 0 Å². The molecule has 10 heteroatoms. The molecule has 0 aliphatic carbocycles. The van der Waals surface area contributed by atoms with Crippen molar-refractivity contribution in [3.63, 3.8) is 0 Å². The molecule has 1 saturated heterocycles. The van der Waals surface area contributed by atoms with Crippen molar-refractivity contribution in [1.29, 1.82) is 0 Å². The van der Waals surface area contributed by atoms with Crippen LogP contribution in [0.4, 0.5) is 11.4 Å². The average Bonchev–Trinajstić information content (AvgIpc) is 2.88. The SMILES string of the molecule is COc1ccc(NC(=O)[C@H]2CC(=O)N(NC(=O)c3ccccc3)C(=Nc3ccc(Cl)cc3)S2)cc1. The summed E-state index contributed by atoms with van der Waals surface area (Å²) in [5.74, 6) is -0.626. The van der Waals surface area contributed by atoms with Gasteiger partial charge in [-0.1, -0.05) is 41.6 Å². The van der Waals surface area contributed by atoms with Crippen molar-refractivity contribution in [3.8, 4) is 5.75 Å². The van der Waals surface area contributed by atoms with Gasteiger partial charge in [0.25, 0.3) is 5.91 Å². The van der Waals surface area contributed by atoms with Crippen molar-refractivity contribution in [3.05, 3.63) is 89.4 Å². The van der Waals surface area contributed by atoms with Crippen molar-refractivity contribution in [2.75, 3.05) is 12.4 Å². The molecule has 4 rings (SSSR count). The number of hydrogen-bond donors (Lipinski definition) is 2. The first kappa shape index (κ1) is 24.3. The number of carbonyl (C=O) groups excluding carboxylic acids is 3. The lowest BCUT2D eigenvalue weighted by atomic mass is 10.2. The van der Waals surface area contributed by atoms with Crippen LogP contribution in [-0.2, 0) is 9.59 Å². The highest BCUT2D eigenvalue weighted by atomic mass is 35.5. The van der Waals surface area contributed by atoms with E-state index in [2.05, 4.69) is 15.7 Å². The fourth-order valence-electron chi connectivity index (χ4n) is 3.19. The second kappa shape index (κ2) is 11.1. The number of hydrogen-bond acceptors (Lipinski definition) is 6. The second-order valence-corrected chi connectivity index (χ2v) is 9.04. The highest BCUT2D eigenvalue weighted by molar-refractivity contribution is 8.15. The van der Waals surface area contributed by atoms with Crippen molar-refractivity contribution in [1.82, 2.24) is 10.4 Å². The van der Waals surface area contributed by atoms with E-state index in [4.69, 9.17) is 16.3 Å². The summed E-state index contributed by atoms with van der Waals surface area (Å²) in [6.45, 7) is 0. The maximum absolute atomic E-state index is 13.1. The molecule has 1 aliphatic heterocycles. The molecule has 0 radical (unpaired) electrons. The van der Waals surface area contributed by atoms with Gasteiger partial charge in [0.2, 0.25) is 11.8 Å². The number of rotatable bonds is 6. The molecular weight excluding hydrogens is 488 g/mol. The minimum Gasteiger partial charge on any atom is -0.497 e. The van der Waals surface area contributed by atoms with Crippen LogP contribution >= 0.6 is 23.4 Å². The number of nitrogens with one attached hydrogen (secondary N) is 2. The van der Waals surface area contributed by atoms with E-state index >= 15 is 0 Å². The Kier molecular flexibility index (Phi) is 7.69. The van der Waals surface area contributed by atoms with Crippen LogP contribution in [0.15, 0.2) is 83.9 Å². The number of aliphatic imine (C=N–C) groups is 1. The lowest BCUT2D eigenvalue weighted by Crippen LogP contribution is -2.53. The van der Waals surface area contributed by atoms with Gasteiger partial charge in [-0.25, -0.2) is 4.99 Å². The molecule has 1 fully saturated rings. The number of thioether (sulfide) groups is 1. The Bertz CT molecular complexity index is 1250. The molecular formula is C25H21ClN4O4S. The minimum absolute atomic E-state index is 0.124. The number of hydrazine groups is 1. The number of benzene rings is 3. The standard InChI is InChI=1S/C25H21ClN4O4S/c1-34-20-13-11-18(12-14-20)27-24(33)21-15-22(31)30(29-23(32)16-5-3-2-4-6-16)25(35-21)28-19-9-7-17(26)8-10-19/h2-14,21H,15H2,1H3,(H,27,33)(H,29,32)/t21-/m1/s1. The van der Waals surface area contributed by atoms with Gasteiger partial charge in [-0.2, -0.15) is 5.01 Å². The van der Waals surface area contributed by atoms with Gasteiger partial charge in [0.15, 0.2) is 5.17 Å². The maximum atomic E-state index is 13.1. The molecule has 8 nitrogen and oxygen atoms in total. The summed E-state index contributed by atoms with van der Waals surface area (Å²) in [4.78, 5) is 43.3. The molecule has 1 aliphatic rings. The van der Waals surface area contributed by atoms with Crippen molar-refractivity contribution < 1.29 is 19.1 Å². The molecule has 0 unspecified atom stereocenters. The zero-order valence-corrected chi connectivity index (χ0v) is 20.2. The fraction of sp³-hybridized carbons (Fsp3) is 0.120. The van der Waals surface area contributed by atoms with Gasteiger partial charge in [0.05, 0.1) is 19.2 Å². The number of methoxy groups -OCH3 is 1. The van der Waals surface area contributed by atoms with Crippen molar-refractivity contribution in [2.45, 2.75) is 11.7 Å². The number of amidine groups is 1.